The molecule has 2 nitrogen and oxygen atoms in total. The molecule has 1 aromatic carbocycles. The highest BCUT2D eigenvalue weighted by atomic mass is 127. The number of hydrogen-bond acceptors (Lipinski definition) is 1. The summed E-state index contributed by atoms with van der Waals surface area (Å²) in [5.74, 6) is 0. The first-order valence-corrected chi connectivity index (χ1v) is 7.45. The molecule has 0 spiro atoms. The number of anilines is 1. The molecule has 0 unspecified atom stereocenters. The lowest BCUT2D eigenvalue weighted by molar-refractivity contribution is 0.515. The SMILES string of the molecule is CC(C)(C)NC(=S)Nc1ccc(C(C)(C)I)cc1. The molecule has 0 atom stereocenters. The lowest BCUT2D eigenvalue weighted by Crippen LogP contribution is -2.42. The van der Waals surface area contributed by atoms with Crippen LogP contribution in [-0.4, -0.2) is 10.7 Å². The van der Waals surface area contributed by atoms with Crippen molar-refractivity contribution in [1.82, 2.24) is 5.32 Å². The first-order chi connectivity index (χ1) is 8.08. The van der Waals surface area contributed by atoms with Crippen LogP contribution in [0, 0.1) is 0 Å². The molecule has 0 saturated carbocycles. The van der Waals surface area contributed by atoms with Gasteiger partial charge in [-0.25, -0.2) is 0 Å². The number of alkyl halides is 1. The Hall–Kier alpha value is -0.360. The summed E-state index contributed by atoms with van der Waals surface area (Å²) in [4.78, 5) is 0. The normalized spacial score (nSPS) is 12.1. The Labute approximate surface area is 129 Å². The van der Waals surface area contributed by atoms with Gasteiger partial charge in [0.05, 0.1) is 0 Å². The zero-order chi connectivity index (χ0) is 14.0. The summed E-state index contributed by atoms with van der Waals surface area (Å²) >= 11 is 7.71. The molecule has 0 saturated heterocycles. The van der Waals surface area contributed by atoms with Crippen LogP contribution in [0.2, 0.25) is 0 Å². The average Bonchev–Trinajstić information content (AvgIpc) is 2.13. The predicted octanol–water partition coefficient (Wildman–Crippen LogP) is 4.44. The highest BCUT2D eigenvalue weighted by Crippen LogP contribution is 2.30. The van der Waals surface area contributed by atoms with Gasteiger partial charge in [0.1, 0.15) is 0 Å². The fourth-order valence-corrected chi connectivity index (χ4v) is 2.24. The minimum Gasteiger partial charge on any atom is -0.358 e. The van der Waals surface area contributed by atoms with E-state index in [1.165, 1.54) is 5.56 Å². The van der Waals surface area contributed by atoms with Gasteiger partial charge in [-0.2, -0.15) is 0 Å². The number of hydrogen-bond donors (Lipinski definition) is 2. The molecule has 1 rings (SSSR count). The molecule has 100 valence electrons. The minimum atomic E-state index is -0.0196. The second-order valence-electron chi connectivity index (χ2n) is 5.88. The molecule has 0 bridgehead atoms. The third kappa shape index (κ3) is 5.52. The molecule has 2 N–H and O–H groups in total. The Balaban J connectivity index is 2.67. The van der Waals surface area contributed by atoms with Crippen molar-refractivity contribution in [3.63, 3.8) is 0 Å². The number of benzene rings is 1. The zero-order valence-corrected chi connectivity index (χ0v) is 14.6. The van der Waals surface area contributed by atoms with Crippen LogP contribution in [0.5, 0.6) is 0 Å². The highest BCUT2D eigenvalue weighted by Gasteiger charge is 2.15. The molecule has 4 heteroatoms. The van der Waals surface area contributed by atoms with Crippen molar-refractivity contribution in [2.24, 2.45) is 0 Å². The second kappa shape index (κ2) is 5.74. The van der Waals surface area contributed by atoms with Crippen molar-refractivity contribution in [2.45, 2.75) is 43.6 Å². The topological polar surface area (TPSA) is 24.1 Å². The maximum Gasteiger partial charge on any atom is 0.171 e. The standard InChI is InChI=1S/C14H21IN2S/c1-13(2,3)17-12(18)16-11-8-6-10(7-9-11)14(4,5)15/h6-9H,1-5H3,(H2,16,17,18). The molecule has 0 aromatic heterocycles. The maximum absolute atomic E-state index is 5.27. The largest absolute Gasteiger partial charge is 0.358 e. The van der Waals surface area contributed by atoms with Crippen LogP contribution < -0.4 is 10.6 Å². The van der Waals surface area contributed by atoms with Crippen molar-refractivity contribution < 1.29 is 0 Å². The molecule has 0 fully saturated rings. The lowest BCUT2D eigenvalue weighted by atomic mass is 10.0. The number of rotatable bonds is 2. The molecule has 18 heavy (non-hydrogen) atoms. The summed E-state index contributed by atoms with van der Waals surface area (Å²) in [5, 5.41) is 7.08. The van der Waals surface area contributed by atoms with Crippen molar-refractivity contribution in [3.05, 3.63) is 29.8 Å². The molecule has 0 aliphatic heterocycles. The van der Waals surface area contributed by atoms with E-state index in [2.05, 4.69) is 92.1 Å². The molecule has 0 heterocycles. The lowest BCUT2D eigenvalue weighted by Gasteiger charge is -2.23. The van der Waals surface area contributed by atoms with Gasteiger partial charge in [-0.1, -0.05) is 34.7 Å². The zero-order valence-electron chi connectivity index (χ0n) is 11.6. The summed E-state index contributed by atoms with van der Waals surface area (Å²) in [7, 11) is 0. The predicted molar refractivity (Wildman–Crippen MR) is 92.6 cm³/mol. The quantitative estimate of drug-likeness (QED) is 0.453. The van der Waals surface area contributed by atoms with Gasteiger partial charge < -0.3 is 10.6 Å². The Morgan fingerprint density at radius 2 is 1.56 bits per heavy atom. The van der Waals surface area contributed by atoms with E-state index < -0.39 is 0 Å². The van der Waals surface area contributed by atoms with E-state index in [0.717, 1.165) is 5.69 Å². The van der Waals surface area contributed by atoms with Gasteiger partial charge in [0, 0.05) is 14.6 Å². The second-order valence-corrected chi connectivity index (χ2v) is 8.98. The summed E-state index contributed by atoms with van der Waals surface area (Å²) < 4.78 is 0.153. The van der Waals surface area contributed by atoms with Gasteiger partial charge >= 0.3 is 0 Å². The monoisotopic (exact) mass is 376 g/mol. The Morgan fingerprint density at radius 3 is 1.94 bits per heavy atom. The molecular weight excluding hydrogens is 355 g/mol. The summed E-state index contributed by atoms with van der Waals surface area (Å²) in [6.45, 7) is 10.7. The van der Waals surface area contributed by atoms with E-state index in [1.54, 1.807) is 0 Å². The summed E-state index contributed by atoms with van der Waals surface area (Å²) in [5.41, 5.74) is 2.30. The first-order valence-electron chi connectivity index (χ1n) is 5.96. The van der Waals surface area contributed by atoms with Gasteiger partial charge in [-0.05, 0) is 64.5 Å². The molecule has 1 aromatic rings. The Bertz CT molecular complexity index is 413. The van der Waals surface area contributed by atoms with Gasteiger partial charge in [-0.3, -0.25) is 0 Å². The van der Waals surface area contributed by atoms with Gasteiger partial charge in [0.15, 0.2) is 5.11 Å². The molecule has 0 aliphatic carbocycles. The average molecular weight is 376 g/mol. The molecule has 0 radical (unpaired) electrons. The van der Waals surface area contributed by atoms with Crippen molar-refractivity contribution >= 4 is 45.6 Å². The van der Waals surface area contributed by atoms with E-state index in [-0.39, 0.29) is 8.96 Å². The van der Waals surface area contributed by atoms with Crippen LogP contribution in [0.3, 0.4) is 0 Å². The summed E-state index contributed by atoms with van der Waals surface area (Å²) in [6.07, 6.45) is 0. The van der Waals surface area contributed by atoms with Crippen LogP contribution >= 0.6 is 34.8 Å². The number of nitrogens with one attached hydrogen (secondary N) is 2. The van der Waals surface area contributed by atoms with E-state index in [4.69, 9.17) is 12.2 Å². The maximum atomic E-state index is 5.27. The van der Waals surface area contributed by atoms with Crippen LogP contribution in [0.25, 0.3) is 0 Å². The molecule has 0 amide bonds. The van der Waals surface area contributed by atoms with E-state index in [9.17, 15) is 0 Å². The number of thiocarbonyl (C=S) groups is 1. The molecular formula is C14H21IN2S. The van der Waals surface area contributed by atoms with Crippen LogP contribution in [0.15, 0.2) is 24.3 Å². The number of halogens is 1. The smallest absolute Gasteiger partial charge is 0.171 e. The van der Waals surface area contributed by atoms with Gasteiger partial charge in [0.25, 0.3) is 0 Å². The van der Waals surface area contributed by atoms with Gasteiger partial charge in [-0.15, -0.1) is 0 Å². The van der Waals surface area contributed by atoms with E-state index in [1.807, 2.05) is 0 Å². The first kappa shape index (κ1) is 15.7. The Morgan fingerprint density at radius 1 is 1.06 bits per heavy atom. The van der Waals surface area contributed by atoms with Crippen molar-refractivity contribution in [1.29, 1.82) is 0 Å². The Kier molecular flexibility index (Phi) is 5.00. The minimum absolute atomic E-state index is 0.0196. The van der Waals surface area contributed by atoms with Gasteiger partial charge in [0.2, 0.25) is 0 Å². The van der Waals surface area contributed by atoms with E-state index in [0.29, 0.717) is 5.11 Å². The van der Waals surface area contributed by atoms with Crippen LogP contribution in [0.1, 0.15) is 40.2 Å². The third-order valence-corrected chi connectivity index (χ3v) is 3.14. The van der Waals surface area contributed by atoms with Crippen LogP contribution in [0.4, 0.5) is 5.69 Å². The molecule has 0 aliphatic rings. The third-order valence-electron chi connectivity index (χ3n) is 2.32. The van der Waals surface area contributed by atoms with Crippen molar-refractivity contribution in [2.75, 3.05) is 5.32 Å². The fraction of sp³-hybridized carbons (Fsp3) is 0.500. The fourth-order valence-electron chi connectivity index (χ4n) is 1.45. The highest BCUT2D eigenvalue weighted by molar-refractivity contribution is 14.1. The summed E-state index contributed by atoms with van der Waals surface area (Å²) in [6, 6.07) is 8.39. The van der Waals surface area contributed by atoms with Crippen molar-refractivity contribution in [3.8, 4) is 0 Å². The van der Waals surface area contributed by atoms with E-state index >= 15 is 0 Å². The van der Waals surface area contributed by atoms with Crippen LogP contribution in [-0.2, 0) is 3.42 Å².